The number of ether oxygens (including phenoxy) is 1. The van der Waals surface area contributed by atoms with Gasteiger partial charge in [-0.3, -0.25) is 14.4 Å². The molecule has 2 atom stereocenters. The van der Waals surface area contributed by atoms with Crippen LogP contribution in [-0.4, -0.2) is 66.5 Å². The van der Waals surface area contributed by atoms with Crippen LogP contribution < -0.4 is 5.32 Å². The monoisotopic (exact) mass is 561 g/mol. The van der Waals surface area contributed by atoms with E-state index in [1.807, 2.05) is 0 Å². The molecule has 15 heteroatoms. The standard InChI is InChI=1S/C23H21ClF5N5O4/c1-12-17(10-31-18-8-5-14(9-30-18)21(25,26)27)34(23(36,37)22(28,29)38-12)20(35)19-16(11-33(2)32-19)13-3-6-15(24)7-4-13/h3-9,11-12,17,36-37H,10H2,1-2H3,(H,30,31). The number of carbonyl (C=O) groups is 1. The van der Waals surface area contributed by atoms with Crippen LogP contribution in [0, 0.1) is 0 Å². The molecule has 0 aliphatic carbocycles. The minimum atomic E-state index is -4.62. The molecule has 1 aliphatic rings. The maximum Gasteiger partial charge on any atom is 0.431 e. The number of aliphatic hydroxyl groups is 2. The molecule has 4 rings (SSSR count). The maximum absolute atomic E-state index is 14.6. The fourth-order valence-electron chi connectivity index (χ4n) is 4.00. The molecule has 1 saturated heterocycles. The number of pyridine rings is 1. The number of anilines is 1. The summed E-state index contributed by atoms with van der Waals surface area (Å²) in [4.78, 5) is 17.4. The van der Waals surface area contributed by atoms with Crippen LogP contribution in [0.5, 0.6) is 0 Å². The normalized spacial score (nSPS) is 20.8. The SMILES string of the molecule is CC1OC(F)(F)C(O)(O)N(C(=O)c2nn(C)cc2-c2ccc(Cl)cc2)C1CNc1ccc(C(F)(F)F)cn1. The molecular weight excluding hydrogens is 541 g/mol. The number of benzene rings is 1. The van der Waals surface area contributed by atoms with Crippen molar-refractivity contribution >= 4 is 23.3 Å². The van der Waals surface area contributed by atoms with Gasteiger partial charge < -0.3 is 20.3 Å². The van der Waals surface area contributed by atoms with Crippen molar-refractivity contribution in [1.29, 1.82) is 0 Å². The lowest BCUT2D eigenvalue weighted by molar-refractivity contribution is -0.473. The van der Waals surface area contributed by atoms with E-state index >= 15 is 0 Å². The number of aryl methyl sites for hydroxylation is 1. The third-order valence-electron chi connectivity index (χ3n) is 5.92. The van der Waals surface area contributed by atoms with Gasteiger partial charge in [0.15, 0.2) is 5.69 Å². The van der Waals surface area contributed by atoms with E-state index in [4.69, 9.17) is 11.6 Å². The Morgan fingerprint density at radius 1 is 1.18 bits per heavy atom. The molecule has 0 saturated carbocycles. The van der Waals surface area contributed by atoms with Crippen molar-refractivity contribution < 1.29 is 41.7 Å². The molecule has 0 radical (unpaired) electrons. The number of morpholine rings is 1. The summed E-state index contributed by atoms with van der Waals surface area (Å²) in [6, 6.07) is 6.49. The molecule has 38 heavy (non-hydrogen) atoms. The number of aromatic nitrogens is 3. The lowest BCUT2D eigenvalue weighted by Gasteiger charge is -2.50. The van der Waals surface area contributed by atoms with Crippen LogP contribution in [0.15, 0.2) is 48.8 Å². The second-order valence-corrected chi connectivity index (χ2v) is 9.04. The van der Waals surface area contributed by atoms with Gasteiger partial charge in [0.25, 0.3) is 5.91 Å². The molecule has 0 bridgehead atoms. The highest BCUT2D eigenvalue weighted by Crippen LogP contribution is 2.41. The number of carbonyl (C=O) groups excluding carboxylic acids is 1. The minimum absolute atomic E-state index is 0.0869. The summed E-state index contributed by atoms with van der Waals surface area (Å²) in [5, 5.41) is 28.0. The van der Waals surface area contributed by atoms with Crippen LogP contribution in [0.1, 0.15) is 23.0 Å². The fourth-order valence-corrected chi connectivity index (χ4v) is 4.12. The zero-order valence-corrected chi connectivity index (χ0v) is 20.5. The van der Waals surface area contributed by atoms with Crippen molar-refractivity contribution in [2.75, 3.05) is 11.9 Å². The van der Waals surface area contributed by atoms with Gasteiger partial charge in [-0.2, -0.15) is 27.1 Å². The summed E-state index contributed by atoms with van der Waals surface area (Å²) in [5.74, 6) is -5.45. The molecule has 3 heterocycles. The quantitative estimate of drug-likeness (QED) is 0.321. The van der Waals surface area contributed by atoms with Gasteiger partial charge in [-0.05, 0) is 36.8 Å². The lowest BCUT2D eigenvalue weighted by Crippen LogP contribution is -2.74. The smallest absolute Gasteiger partial charge is 0.368 e. The van der Waals surface area contributed by atoms with E-state index < -0.39 is 48.4 Å². The first-order chi connectivity index (χ1) is 17.6. The van der Waals surface area contributed by atoms with Crippen molar-refractivity contribution in [3.63, 3.8) is 0 Å². The number of rotatable bonds is 5. The third kappa shape index (κ3) is 5.16. The Morgan fingerprint density at radius 3 is 2.42 bits per heavy atom. The van der Waals surface area contributed by atoms with Gasteiger partial charge in [0, 0.05) is 36.6 Å². The molecule has 2 unspecified atom stereocenters. The molecule has 2 aromatic heterocycles. The van der Waals surface area contributed by atoms with E-state index in [2.05, 4.69) is 20.1 Å². The second-order valence-electron chi connectivity index (χ2n) is 8.60. The third-order valence-corrected chi connectivity index (χ3v) is 6.17. The van der Waals surface area contributed by atoms with Gasteiger partial charge in [-0.1, -0.05) is 23.7 Å². The largest absolute Gasteiger partial charge is 0.431 e. The molecule has 1 fully saturated rings. The van der Waals surface area contributed by atoms with E-state index in [1.165, 1.54) is 37.0 Å². The van der Waals surface area contributed by atoms with Crippen LogP contribution in [0.4, 0.5) is 27.8 Å². The van der Waals surface area contributed by atoms with E-state index in [0.29, 0.717) is 16.8 Å². The number of amides is 1. The van der Waals surface area contributed by atoms with Crippen LogP contribution in [0.3, 0.4) is 0 Å². The number of nitrogens with one attached hydrogen (secondary N) is 1. The highest BCUT2D eigenvalue weighted by Gasteiger charge is 2.66. The van der Waals surface area contributed by atoms with E-state index in [1.54, 1.807) is 12.1 Å². The van der Waals surface area contributed by atoms with Crippen LogP contribution in [0.25, 0.3) is 11.1 Å². The van der Waals surface area contributed by atoms with Crippen molar-refractivity contribution in [2.45, 2.75) is 37.3 Å². The van der Waals surface area contributed by atoms with Crippen LogP contribution in [0.2, 0.25) is 5.02 Å². The van der Waals surface area contributed by atoms with E-state index in [0.717, 1.165) is 12.1 Å². The summed E-state index contributed by atoms with van der Waals surface area (Å²) in [5.41, 5.74) is -0.735. The summed E-state index contributed by atoms with van der Waals surface area (Å²) in [6.45, 7) is 0.724. The molecule has 204 valence electrons. The number of hydrogen-bond acceptors (Lipinski definition) is 7. The summed E-state index contributed by atoms with van der Waals surface area (Å²) >= 11 is 5.92. The molecule has 9 nitrogen and oxygen atoms in total. The van der Waals surface area contributed by atoms with Gasteiger partial charge >= 0.3 is 18.2 Å². The number of alkyl halides is 5. The summed E-state index contributed by atoms with van der Waals surface area (Å²) in [7, 11) is 1.48. The minimum Gasteiger partial charge on any atom is -0.368 e. The Kier molecular flexibility index (Phi) is 7.12. The predicted octanol–water partition coefficient (Wildman–Crippen LogP) is 3.73. The molecule has 1 aliphatic heterocycles. The highest BCUT2D eigenvalue weighted by molar-refractivity contribution is 6.30. The first-order valence-corrected chi connectivity index (χ1v) is 11.4. The lowest BCUT2D eigenvalue weighted by atomic mass is 10.0. The van der Waals surface area contributed by atoms with Crippen molar-refractivity contribution in [3.05, 3.63) is 65.1 Å². The van der Waals surface area contributed by atoms with Crippen molar-refractivity contribution in [3.8, 4) is 11.1 Å². The number of halogens is 6. The topological polar surface area (TPSA) is 113 Å². The van der Waals surface area contributed by atoms with Crippen molar-refractivity contribution in [2.24, 2.45) is 7.05 Å². The van der Waals surface area contributed by atoms with Gasteiger partial charge in [0.05, 0.1) is 17.7 Å². The van der Waals surface area contributed by atoms with Crippen LogP contribution in [-0.2, 0) is 18.0 Å². The molecular formula is C23H21ClF5N5O4. The Balaban J connectivity index is 1.69. The van der Waals surface area contributed by atoms with Gasteiger partial charge in [0.1, 0.15) is 5.82 Å². The average Bonchev–Trinajstić information content (AvgIpc) is 3.21. The average molecular weight is 562 g/mol. The molecule has 3 N–H and O–H groups in total. The zero-order chi connectivity index (χ0) is 28.0. The zero-order valence-electron chi connectivity index (χ0n) is 19.7. The Labute approximate surface area is 217 Å². The molecule has 1 amide bonds. The number of nitrogens with zero attached hydrogens (tertiary/aromatic N) is 4. The van der Waals surface area contributed by atoms with Gasteiger partial charge in [-0.25, -0.2) is 4.98 Å². The number of hydrogen-bond donors (Lipinski definition) is 3. The van der Waals surface area contributed by atoms with Crippen LogP contribution >= 0.6 is 11.6 Å². The van der Waals surface area contributed by atoms with E-state index in [9.17, 15) is 37.0 Å². The maximum atomic E-state index is 14.6. The highest BCUT2D eigenvalue weighted by atomic mass is 35.5. The molecule has 3 aromatic rings. The molecule has 0 spiro atoms. The molecule has 1 aromatic carbocycles. The Morgan fingerprint density at radius 2 is 1.84 bits per heavy atom. The predicted molar refractivity (Wildman–Crippen MR) is 124 cm³/mol. The first-order valence-electron chi connectivity index (χ1n) is 11.0. The van der Waals surface area contributed by atoms with Crippen molar-refractivity contribution in [1.82, 2.24) is 19.7 Å². The Hall–Kier alpha value is -3.33. The summed E-state index contributed by atoms with van der Waals surface area (Å²) < 4.78 is 73.5. The van der Waals surface area contributed by atoms with Gasteiger partial charge in [-0.15, -0.1) is 0 Å². The fraction of sp³-hybridized carbons (Fsp3) is 0.348. The van der Waals surface area contributed by atoms with E-state index in [-0.39, 0.29) is 22.0 Å². The second kappa shape index (κ2) is 9.76. The van der Waals surface area contributed by atoms with Gasteiger partial charge in [0.2, 0.25) is 0 Å². The Bertz CT molecular complexity index is 1320. The first kappa shape index (κ1) is 27.7. The summed E-state index contributed by atoms with van der Waals surface area (Å²) in [6.07, 6.45) is -8.68.